The summed E-state index contributed by atoms with van der Waals surface area (Å²) in [5.41, 5.74) is 0.415. The van der Waals surface area contributed by atoms with Crippen molar-refractivity contribution >= 4 is 23.8 Å². The van der Waals surface area contributed by atoms with Gasteiger partial charge in [0, 0.05) is 12.6 Å². The minimum atomic E-state index is -1.25. The number of piperidine rings is 1. The zero-order valence-corrected chi connectivity index (χ0v) is 17.1. The molecule has 1 aromatic carbocycles. The van der Waals surface area contributed by atoms with Gasteiger partial charge in [0.25, 0.3) is 11.8 Å². The van der Waals surface area contributed by atoms with Gasteiger partial charge in [0.1, 0.15) is 12.1 Å². The smallest absolute Gasteiger partial charge is 0.326 e. The Morgan fingerprint density at radius 1 is 1.21 bits per heavy atom. The number of imide groups is 1. The van der Waals surface area contributed by atoms with Crippen LogP contribution in [0.2, 0.25) is 0 Å². The lowest BCUT2D eigenvalue weighted by atomic mass is 9.91. The fourth-order valence-corrected chi connectivity index (χ4v) is 3.79. The van der Waals surface area contributed by atoms with Crippen LogP contribution in [0.3, 0.4) is 0 Å². The standard InChI is InChI=1S/C21H27N3O5/c1-14-7-9-16(10-8-14)21(3)19(27)24(20(28)22-21)12-18(26)29-13-17(25)23-11-5-4-6-15(23)2/h7-10,15H,4-6,11-13H2,1-3H3,(H,22,28)/t15-,21-/m1/s1. The van der Waals surface area contributed by atoms with Crippen LogP contribution in [0.5, 0.6) is 0 Å². The van der Waals surface area contributed by atoms with Crippen molar-refractivity contribution in [1.82, 2.24) is 15.1 Å². The van der Waals surface area contributed by atoms with Gasteiger partial charge in [-0.1, -0.05) is 29.8 Å². The van der Waals surface area contributed by atoms with E-state index in [1.165, 1.54) is 0 Å². The first-order valence-corrected chi connectivity index (χ1v) is 9.88. The normalized spacial score (nSPS) is 24.4. The van der Waals surface area contributed by atoms with E-state index in [-0.39, 0.29) is 18.6 Å². The van der Waals surface area contributed by atoms with Crippen LogP contribution in [-0.2, 0) is 24.7 Å². The molecule has 2 aliphatic rings. The molecule has 1 aromatic rings. The molecule has 0 aromatic heterocycles. The molecule has 0 bridgehead atoms. The zero-order chi connectivity index (χ0) is 21.2. The van der Waals surface area contributed by atoms with Gasteiger partial charge in [-0.05, 0) is 45.6 Å². The molecule has 8 nitrogen and oxygen atoms in total. The number of hydrogen-bond donors (Lipinski definition) is 1. The molecular weight excluding hydrogens is 374 g/mol. The van der Waals surface area contributed by atoms with Gasteiger partial charge in [-0.3, -0.25) is 19.3 Å². The number of carbonyl (C=O) groups is 4. The number of ether oxygens (including phenoxy) is 1. The molecule has 156 valence electrons. The zero-order valence-electron chi connectivity index (χ0n) is 17.1. The summed E-state index contributed by atoms with van der Waals surface area (Å²) in [6.45, 7) is 5.23. The van der Waals surface area contributed by atoms with Crippen molar-refractivity contribution in [3.05, 3.63) is 35.4 Å². The molecule has 0 spiro atoms. The van der Waals surface area contributed by atoms with Crippen LogP contribution >= 0.6 is 0 Å². The predicted octanol–water partition coefficient (Wildman–Crippen LogP) is 1.71. The minimum Gasteiger partial charge on any atom is -0.454 e. The highest BCUT2D eigenvalue weighted by Crippen LogP contribution is 2.29. The molecule has 2 saturated heterocycles. The molecular formula is C21H27N3O5. The van der Waals surface area contributed by atoms with E-state index < -0.39 is 30.0 Å². The summed E-state index contributed by atoms with van der Waals surface area (Å²) in [4.78, 5) is 52.2. The Hall–Kier alpha value is -2.90. The van der Waals surface area contributed by atoms with Crippen molar-refractivity contribution in [3.8, 4) is 0 Å². The SMILES string of the molecule is Cc1ccc([C@@]2(C)NC(=O)N(CC(=O)OCC(=O)N3CCCC[C@H]3C)C2=O)cc1. The molecule has 3 rings (SSSR count). The first kappa shape index (κ1) is 20.8. The number of urea groups is 1. The van der Waals surface area contributed by atoms with Gasteiger partial charge in [0.2, 0.25) is 0 Å². The Morgan fingerprint density at radius 2 is 1.90 bits per heavy atom. The third-order valence-electron chi connectivity index (χ3n) is 5.67. The second-order valence-electron chi connectivity index (χ2n) is 7.91. The van der Waals surface area contributed by atoms with Gasteiger partial charge in [0.05, 0.1) is 0 Å². The second-order valence-corrected chi connectivity index (χ2v) is 7.91. The molecule has 1 N–H and O–H groups in total. The Labute approximate surface area is 170 Å². The lowest BCUT2D eigenvalue weighted by Gasteiger charge is -2.33. The fourth-order valence-electron chi connectivity index (χ4n) is 3.79. The van der Waals surface area contributed by atoms with E-state index in [0.29, 0.717) is 12.1 Å². The van der Waals surface area contributed by atoms with Gasteiger partial charge >= 0.3 is 12.0 Å². The maximum atomic E-state index is 12.8. The predicted molar refractivity (Wildman–Crippen MR) is 105 cm³/mol. The molecule has 2 atom stereocenters. The number of nitrogens with zero attached hydrogens (tertiary/aromatic N) is 2. The van der Waals surface area contributed by atoms with Crippen LogP contribution in [0.4, 0.5) is 4.79 Å². The van der Waals surface area contributed by atoms with E-state index in [4.69, 9.17) is 4.74 Å². The summed E-state index contributed by atoms with van der Waals surface area (Å²) in [7, 11) is 0. The number of likely N-dealkylation sites (tertiary alicyclic amines) is 1. The average molecular weight is 401 g/mol. The first-order valence-electron chi connectivity index (χ1n) is 9.88. The number of aryl methyl sites for hydroxylation is 1. The van der Waals surface area contributed by atoms with Crippen LogP contribution in [0.15, 0.2) is 24.3 Å². The second kappa shape index (κ2) is 8.23. The number of carbonyl (C=O) groups excluding carboxylic acids is 4. The van der Waals surface area contributed by atoms with E-state index in [0.717, 1.165) is 29.7 Å². The molecule has 2 heterocycles. The van der Waals surface area contributed by atoms with Crippen molar-refractivity contribution in [2.45, 2.75) is 51.6 Å². The summed E-state index contributed by atoms with van der Waals surface area (Å²) in [6.07, 6.45) is 2.94. The van der Waals surface area contributed by atoms with Crippen molar-refractivity contribution in [2.75, 3.05) is 19.7 Å². The number of hydrogen-bond acceptors (Lipinski definition) is 5. The third kappa shape index (κ3) is 4.26. The van der Waals surface area contributed by atoms with Crippen LogP contribution in [0.25, 0.3) is 0 Å². The number of rotatable bonds is 5. The topological polar surface area (TPSA) is 96.0 Å². The van der Waals surface area contributed by atoms with Crippen LogP contribution in [0.1, 0.15) is 44.2 Å². The molecule has 0 radical (unpaired) electrons. The molecule has 0 unspecified atom stereocenters. The quantitative estimate of drug-likeness (QED) is 0.599. The highest BCUT2D eigenvalue weighted by molar-refractivity contribution is 6.08. The average Bonchev–Trinajstić information content (AvgIpc) is 2.91. The lowest BCUT2D eigenvalue weighted by Crippen LogP contribution is -2.45. The summed E-state index contributed by atoms with van der Waals surface area (Å²) in [6, 6.07) is 6.71. The molecule has 4 amide bonds. The van der Waals surface area contributed by atoms with Gasteiger partial charge in [-0.25, -0.2) is 4.79 Å². The number of benzene rings is 1. The molecule has 2 aliphatic heterocycles. The highest BCUT2D eigenvalue weighted by atomic mass is 16.5. The van der Waals surface area contributed by atoms with Gasteiger partial charge < -0.3 is 15.0 Å². The number of esters is 1. The maximum absolute atomic E-state index is 12.8. The van der Waals surface area contributed by atoms with Crippen molar-refractivity contribution in [2.24, 2.45) is 0 Å². The molecule has 29 heavy (non-hydrogen) atoms. The van der Waals surface area contributed by atoms with Gasteiger partial charge in [-0.2, -0.15) is 0 Å². The number of amides is 4. The monoisotopic (exact) mass is 401 g/mol. The highest BCUT2D eigenvalue weighted by Gasteiger charge is 2.49. The summed E-state index contributed by atoms with van der Waals surface area (Å²) >= 11 is 0. The molecule has 8 heteroatoms. The Bertz CT molecular complexity index is 822. The van der Waals surface area contributed by atoms with Crippen LogP contribution < -0.4 is 5.32 Å². The minimum absolute atomic E-state index is 0.121. The first-order chi connectivity index (χ1) is 13.7. The van der Waals surface area contributed by atoms with E-state index in [1.807, 2.05) is 26.0 Å². The Balaban J connectivity index is 1.59. The van der Waals surface area contributed by atoms with E-state index in [1.54, 1.807) is 24.0 Å². The maximum Gasteiger partial charge on any atom is 0.326 e. The van der Waals surface area contributed by atoms with Crippen LogP contribution in [-0.4, -0.2) is 59.4 Å². The summed E-state index contributed by atoms with van der Waals surface area (Å²) in [5.74, 6) is -1.58. The van der Waals surface area contributed by atoms with Crippen LogP contribution in [0, 0.1) is 6.92 Å². The summed E-state index contributed by atoms with van der Waals surface area (Å²) in [5, 5.41) is 2.65. The Kier molecular flexibility index (Phi) is 5.91. The van der Waals surface area contributed by atoms with Crippen molar-refractivity contribution in [3.63, 3.8) is 0 Å². The van der Waals surface area contributed by atoms with E-state index >= 15 is 0 Å². The van der Waals surface area contributed by atoms with Gasteiger partial charge in [-0.15, -0.1) is 0 Å². The molecule has 0 saturated carbocycles. The largest absolute Gasteiger partial charge is 0.454 e. The molecule has 0 aliphatic carbocycles. The van der Waals surface area contributed by atoms with Crippen molar-refractivity contribution in [1.29, 1.82) is 0 Å². The Morgan fingerprint density at radius 3 is 2.55 bits per heavy atom. The van der Waals surface area contributed by atoms with Gasteiger partial charge in [0.15, 0.2) is 6.61 Å². The van der Waals surface area contributed by atoms with Crippen molar-refractivity contribution < 1.29 is 23.9 Å². The fraction of sp³-hybridized carbons (Fsp3) is 0.524. The summed E-state index contributed by atoms with van der Waals surface area (Å²) < 4.78 is 5.05. The lowest BCUT2D eigenvalue weighted by molar-refractivity contribution is -0.155. The van der Waals surface area contributed by atoms with E-state index in [9.17, 15) is 19.2 Å². The van der Waals surface area contributed by atoms with E-state index in [2.05, 4.69) is 5.32 Å². The third-order valence-corrected chi connectivity index (χ3v) is 5.67. The molecule has 2 fully saturated rings. The number of nitrogens with one attached hydrogen (secondary N) is 1.